The molecule has 1 aromatic carbocycles. The number of benzene rings is 1. The first-order chi connectivity index (χ1) is 6.33. The summed E-state index contributed by atoms with van der Waals surface area (Å²) < 4.78 is 47.4. The predicted octanol–water partition coefficient (Wildman–Crippen LogP) is 1.09. The molecule has 0 radical (unpaired) electrons. The summed E-state index contributed by atoms with van der Waals surface area (Å²) in [5.41, 5.74) is 0.703. The molecule has 1 atom stereocenters. The predicted molar refractivity (Wildman–Crippen MR) is 55.1 cm³/mol. The number of hydrogen-bond donors (Lipinski definition) is 1. The third-order valence-electron chi connectivity index (χ3n) is 1.78. The molecule has 0 aliphatic carbocycles. The van der Waals surface area contributed by atoms with Gasteiger partial charge >= 0.3 is 86.0 Å². The molecule has 1 heterocycles. The standard InChI is InChI=1S/C7H7IO5S/c1-5-2-3-6-7(4-5)14(11,12)13-8(6,9)10/h2-4H,1H3,(H,9,10). The van der Waals surface area contributed by atoms with Crippen LogP contribution in [0.25, 0.3) is 0 Å². The van der Waals surface area contributed by atoms with Gasteiger partial charge < -0.3 is 0 Å². The molecule has 0 bridgehead atoms. The van der Waals surface area contributed by atoms with Gasteiger partial charge in [-0.05, 0) is 0 Å². The van der Waals surface area contributed by atoms with Crippen molar-refractivity contribution >= 4 is 29.4 Å². The fraction of sp³-hybridized carbons (Fsp3) is 0.143. The normalized spacial score (nSPS) is 33.3. The van der Waals surface area contributed by atoms with Crippen LogP contribution in [0.4, 0.5) is 0 Å². The third kappa shape index (κ3) is 1.40. The summed E-state index contributed by atoms with van der Waals surface area (Å²) in [5.74, 6) is 0. The maximum absolute atomic E-state index is 11.4. The number of hydrogen-bond acceptors (Lipinski definition) is 4. The van der Waals surface area contributed by atoms with Crippen molar-refractivity contribution in [1.82, 2.24) is 0 Å². The summed E-state index contributed by atoms with van der Waals surface area (Å²) in [4.78, 5) is -0.175. The first kappa shape index (κ1) is 10.1. The maximum atomic E-state index is 11.4. The molecule has 0 saturated carbocycles. The zero-order valence-corrected chi connectivity index (χ0v) is 10.1. The van der Waals surface area contributed by atoms with Gasteiger partial charge in [0.2, 0.25) is 0 Å². The molecule has 78 valence electrons. The van der Waals surface area contributed by atoms with Gasteiger partial charge in [-0.15, -0.1) is 0 Å². The second kappa shape index (κ2) is 2.81. The Kier molecular flexibility index (Phi) is 2.04. The Morgan fingerprint density at radius 2 is 2.07 bits per heavy atom. The summed E-state index contributed by atoms with van der Waals surface area (Å²) in [6.07, 6.45) is 0. The van der Waals surface area contributed by atoms with E-state index >= 15 is 0 Å². The molecule has 0 aromatic heterocycles. The molecule has 1 N–H and O–H groups in total. The van der Waals surface area contributed by atoms with Crippen molar-refractivity contribution in [3.8, 4) is 0 Å². The van der Waals surface area contributed by atoms with Gasteiger partial charge in [-0.2, -0.15) is 0 Å². The van der Waals surface area contributed by atoms with E-state index in [0.717, 1.165) is 0 Å². The van der Waals surface area contributed by atoms with Gasteiger partial charge in [0, 0.05) is 0 Å². The van der Waals surface area contributed by atoms with E-state index in [4.69, 9.17) is 0 Å². The molecule has 1 aromatic rings. The summed E-state index contributed by atoms with van der Waals surface area (Å²) in [5, 5.41) is 0. The van der Waals surface area contributed by atoms with Crippen molar-refractivity contribution in [1.29, 1.82) is 0 Å². The molecule has 2 rings (SSSR count). The zero-order valence-electron chi connectivity index (χ0n) is 7.10. The molecule has 14 heavy (non-hydrogen) atoms. The molecule has 1 unspecified atom stereocenters. The topological polar surface area (TPSA) is 80.7 Å². The summed E-state index contributed by atoms with van der Waals surface area (Å²) in [6, 6.07) is 4.25. The van der Waals surface area contributed by atoms with Crippen LogP contribution >= 0.6 is 19.3 Å². The summed E-state index contributed by atoms with van der Waals surface area (Å²) in [6.45, 7) is 1.70. The first-order valence-corrected chi connectivity index (χ1v) is 8.82. The Balaban J connectivity index is 2.86. The number of rotatable bonds is 0. The fourth-order valence-corrected chi connectivity index (χ4v) is 8.19. The molecule has 1 aliphatic heterocycles. The Bertz CT molecular complexity index is 547. The van der Waals surface area contributed by atoms with Crippen molar-refractivity contribution in [3.63, 3.8) is 0 Å². The Morgan fingerprint density at radius 3 is 2.71 bits per heavy atom. The third-order valence-corrected chi connectivity index (χ3v) is 8.65. The van der Waals surface area contributed by atoms with E-state index in [1.54, 1.807) is 13.0 Å². The van der Waals surface area contributed by atoms with Gasteiger partial charge in [-0.25, -0.2) is 0 Å². The van der Waals surface area contributed by atoms with Crippen LogP contribution in [0.2, 0.25) is 0 Å². The van der Waals surface area contributed by atoms with Crippen LogP contribution in [0.5, 0.6) is 0 Å². The first-order valence-electron chi connectivity index (χ1n) is 3.61. The van der Waals surface area contributed by atoms with Gasteiger partial charge in [0.05, 0.1) is 0 Å². The monoisotopic (exact) mass is 330 g/mol. The SMILES string of the molecule is Cc1ccc2c(c1)S(=O)(=O)OI2(=O)O. The van der Waals surface area contributed by atoms with Crippen LogP contribution in [0.3, 0.4) is 0 Å². The van der Waals surface area contributed by atoms with Crippen LogP contribution in [0, 0.1) is 10.5 Å². The van der Waals surface area contributed by atoms with E-state index in [9.17, 15) is 14.9 Å². The van der Waals surface area contributed by atoms with Gasteiger partial charge in [0.25, 0.3) is 0 Å². The number of fused-ring (bicyclic) bond motifs is 1. The van der Waals surface area contributed by atoms with E-state index in [1.807, 2.05) is 0 Å². The quantitative estimate of drug-likeness (QED) is 0.721. The van der Waals surface area contributed by atoms with E-state index in [-0.39, 0.29) is 8.47 Å². The molecular formula is C7H7IO5S. The summed E-state index contributed by atoms with van der Waals surface area (Å²) in [7, 11) is -4.02. The molecule has 5 nitrogen and oxygen atoms in total. The molecule has 0 saturated heterocycles. The second-order valence-corrected chi connectivity index (χ2v) is 9.12. The minimum atomic E-state index is -4.89. The molecule has 0 amide bonds. The molecule has 1 aliphatic rings. The molecule has 0 fully saturated rings. The Labute approximate surface area is 85.8 Å². The van der Waals surface area contributed by atoms with Crippen molar-refractivity contribution in [3.05, 3.63) is 27.3 Å². The van der Waals surface area contributed by atoms with Crippen molar-refractivity contribution in [2.45, 2.75) is 11.8 Å². The van der Waals surface area contributed by atoms with E-state index in [1.165, 1.54) is 12.1 Å². The number of aryl methyl sites for hydroxylation is 1. The van der Waals surface area contributed by atoms with E-state index < -0.39 is 29.4 Å². The van der Waals surface area contributed by atoms with Gasteiger partial charge in [0.15, 0.2) is 0 Å². The average molecular weight is 330 g/mol. The average Bonchev–Trinajstić information content (AvgIpc) is 2.17. The number of halogens is 1. The zero-order chi connectivity index (χ0) is 10.6. The fourth-order valence-electron chi connectivity index (χ4n) is 1.18. The van der Waals surface area contributed by atoms with Gasteiger partial charge in [-0.1, -0.05) is 0 Å². The van der Waals surface area contributed by atoms with Crippen molar-refractivity contribution < 1.29 is 17.4 Å². The van der Waals surface area contributed by atoms with Crippen molar-refractivity contribution in [2.75, 3.05) is 0 Å². The van der Waals surface area contributed by atoms with Crippen LogP contribution in [0.1, 0.15) is 5.56 Å². The van der Waals surface area contributed by atoms with Crippen LogP contribution in [-0.4, -0.2) is 11.9 Å². The van der Waals surface area contributed by atoms with Crippen LogP contribution in [-0.2, 0) is 15.7 Å². The van der Waals surface area contributed by atoms with Crippen LogP contribution < -0.4 is 0 Å². The van der Waals surface area contributed by atoms with E-state index in [0.29, 0.717) is 5.56 Å². The molecule has 7 heteroatoms. The second-order valence-electron chi connectivity index (χ2n) is 2.89. The Morgan fingerprint density at radius 1 is 1.43 bits per heavy atom. The minimum absolute atomic E-state index is 0.0810. The van der Waals surface area contributed by atoms with Crippen molar-refractivity contribution in [2.24, 2.45) is 0 Å². The molecule has 0 spiro atoms. The summed E-state index contributed by atoms with van der Waals surface area (Å²) >= 11 is -4.89. The van der Waals surface area contributed by atoms with Gasteiger partial charge in [0.1, 0.15) is 0 Å². The van der Waals surface area contributed by atoms with Gasteiger partial charge in [-0.3, -0.25) is 0 Å². The molecular weight excluding hydrogens is 323 g/mol. The van der Waals surface area contributed by atoms with Crippen LogP contribution in [0.15, 0.2) is 23.1 Å². The van der Waals surface area contributed by atoms with E-state index in [2.05, 4.69) is 2.51 Å². The Hall–Kier alpha value is -0.380.